The highest BCUT2D eigenvalue weighted by Gasteiger charge is 2.69. The van der Waals surface area contributed by atoms with E-state index in [4.69, 9.17) is 19.7 Å². The fourth-order valence-corrected chi connectivity index (χ4v) is 2.32. The van der Waals surface area contributed by atoms with Gasteiger partial charge < -0.3 is 24.1 Å². The standard InChI is InChI=1S/C10H15N3O6/c1-9(2)18-7-6(14)5(4-12-13-11)17-10(7,19-9)8(15)16-3/h5-7,14H,4H2,1-3H3/t5-,6+,7?,10+/m0/s1. The minimum Gasteiger partial charge on any atom is -0.465 e. The lowest BCUT2D eigenvalue weighted by Gasteiger charge is -2.25. The molecule has 2 saturated heterocycles. The molecule has 4 atom stereocenters. The van der Waals surface area contributed by atoms with Crippen molar-refractivity contribution in [1.82, 2.24) is 0 Å². The maximum absolute atomic E-state index is 11.9. The molecule has 0 radical (unpaired) electrons. The molecule has 0 aromatic carbocycles. The molecule has 106 valence electrons. The van der Waals surface area contributed by atoms with Crippen molar-refractivity contribution in [3.05, 3.63) is 10.4 Å². The molecule has 9 nitrogen and oxygen atoms in total. The van der Waals surface area contributed by atoms with Gasteiger partial charge >= 0.3 is 11.8 Å². The fourth-order valence-electron chi connectivity index (χ4n) is 2.32. The van der Waals surface area contributed by atoms with Crippen molar-refractivity contribution < 1.29 is 28.8 Å². The van der Waals surface area contributed by atoms with Gasteiger partial charge in [0, 0.05) is 4.91 Å². The minimum absolute atomic E-state index is 0.139. The Kier molecular flexibility index (Phi) is 3.41. The van der Waals surface area contributed by atoms with E-state index in [1.165, 1.54) is 7.11 Å². The smallest absolute Gasteiger partial charge is 0.369 e. The number of rotatable bonds is 3. The lowest BCUT2D eigenvalue weighted by molar-refractivity contribution is -0.263. The monoisotopic (exact) mass is 273 g/mol. The zero-order valence-corrected chi connectivity index (χ0v) is 10.8. The van der Waals surface area contributed by atoms with Crippen LogP contribution >= 0.6 is 0 Å². The molecule has 0 saturated carbocycles. The minimum atomic E-state index is -1.83. The number of ether oxygens (including phenoxy) is 4. The van der Waals surface area contributed by atoms with Gasteiger partial charge in [-0.1, -0.05) is 5.11 Å². The molecule has 9 heteroatoms. The van der Waals surface area contributed by atoms with Gasteiger partial charge in [0.2, 0.25) is 0 Å². The molecular weight excluding hydrogens is 258 g/mol. The van der Waals surface area contributed by atoms with E-state index < -0.39 is 35.9 Å². The van der Waals surface area contributed by atoms with Crippen molar-refractivity contribution in [2.45, 2.75) is 43.7 Å². The van der Waals surface area contributed by atoms with Crippen LogP contribution in [-0.2, 0) is 23.7 Å². The molecular formula is C10H15N3O6. The summed E-state index contributed by atoms with van der Waals surface area (Å²) in [5, 5.41) is 13.4. The molecule has 19 heavy (non-hydrogen) atoms. The third kappa shape index (κ3) is 2.15. The van der Waals surface area contributed by atoms with Gasteiger partial charge in [-0.3, -0.25) is 0 Å². The third-order valence-electron chi connectivity index (χ3n) is 3.00. The second-order valence-corrected chi connectivity index (χ2v) is 4.76. The number of aliphatic hydroxyl groups is 1. The van der Waals surface area contributed by atoms with E-state index in [1.807, 2.05) is 0 Å². The molecule has 2 heterocycles. The Morgan fingerprint density at radius 1 is 1.53 bits per heavy atom. The van der Waals surface area contributed by atoms with Crippen LogP contribution in [0.1, 0.15) is 13.8 Å². The van der Waals surface area contributed by atoms with Gasteiger partial charge in [0.25, 0.3) is 0 Å². The predicted octanol–water partition coefficient (Wildman–Crippen LogP) is 0.0772. The van der Waals surface area contributed by atoms with Gasteiger partial charge in [0.05, 0.1) is 19.8 Å². The van der Waals surface area contributed by atoms with Crippen molar-refractivity contribution in [3.63, 3.8) is 0 Å². The van der Waals surface area contributed by atoms with Gasteiger partial charge in [0.15, 0.2) is 11.9 Å². The van der Waals surface area contributed by atoms with Crippen LogP contribution in [0.5, 0.6) is 0 Å². The van der Waals surface area contributed by atoms with Gasteiger partial charge in [-0.2, -0.15) is 0 Å². The Morgan fingerprint density at radius 2 is 2.21 bits per heavy atom. The van der Waals surface area contributed by atoms with Crippen molar-refractivity contribution in [2.24, 2.45) is 5.11 Å². The average molecular weight is 273 g/mol. The maximum atomic E-state index is 11.9. The zero-order valence-electron chi connectivity index (χ0n) is 10.8. The first-order valence-corrected chi connectivity index (χ1v) is 5.69. The quantitative estimate of drug-likeness (QED) is 0.336. The molecule has 0 aliphatic carbocycles. The Morgan fingerprint density at radius 3 is 2.79 bits per heavy atom. The number of hydrogen-bond donors (Lipinski definition) is 1. The summed E-state index contributed by atoms with van der Waals surface area (Å²) in [4.78, 5) is 14.5. The summed E-state index contributed by atoms with van der Waals surface area (Å²) < 4.78 is 21.1. The van der Waals surface area contributed by atoms with Crippen LogP contribution in [0, 0.1) is 0 Å². The van der Waals surface area contributed by atoms with Crippen molar-refractivity contribution in [2.75, 3.05) is 13.7 Å². The summed E-state index contributed by atoms with van der Waals surface area (Å²) in [6.45, 7) is 3.04. The number of methoxy groups -OCH3 is 1. The third-order valence-corrected chi connectivity index (χ3v) is 3.00. The van der Waals surface area contributed by atoms with Crippen molar-refractivity contribution >= 4 is 5.97 Å². The Hall–Kier alpha value is -1.38. The first-order valence-electron chi connectivity index (χ1n) is 5.69. The van der Waals surface area contributed by atoms with Gasteiger partial charge in [0.1, 0.15) is 6.10 Å². The van der Waals surface area contributed by atoms with E-state index in [-0.39, 0.29) is 6.54 Å². The predicted molar refractivity (Wildman–Crippen MR) is 59.7 cm³/mol. The number of esters is 1. The SMILES string of the molecule is COC(=O)[C@@]12O[C@@H](CN=[N+]=[N-])[C@@H](O)C1OC(C)(C)O2. The van der Waals surface area contributed by atoms with Gasteiger partial charge in [-0.05, 0) is 19.4 Å². The second-order valence-electron chi connectivity index (χ2n) is 4.76. The maximum Gasteiger partial charge on any atom is 0.369 e. The molecule has 1 N–H and O–H groups in total. The van der Waals surface area contributed by atoms with E-state index in [2.05, 4.69) is 14.8 Å². The molecule has 0 aromatic rings. The molecule has 0 bridgehead atoms. The van der Waals surface area contributed by atoms with Crippen molar-refractivity contribution in [3.8, 4) is 0 Å². The summed E-state index contributed by atoms with van der Waals surface area (Å²) in [6.07, 6.45) is -3.09. The highest BCUT2D eigenvalue weighted by Crippen LogP contribution is 2.46. The van der Waals surface area contributed by atoms with E-state index in [0.29, 0.717) is 0 Å². The van der Waals surface area contributed by atoms with E-state index in [0.717, 1.165) is 0 Å². The number of aliphatic hydroxyl groups excluding tert-OH is 1. The van der Waals surface area contributed by atoms with Crippen LogP contribution in [0.4, 0.5) is 0 Å². The average Bonchev–Trinajstić information content (AvgIpc) is 2.77. The number of fused-ring (bicyclic) bond motifs is 1. The van der Waals surface area contributed by atoms with E-state index in [1.54, 1.807) is 13.8 Å². The largest absolute Gasteiger partial charge is 0.465 e. The number of carbonyl (C=O) groups excluding carboxylic acids is 1. The van der Waals surface area contributed by atoms with Crippen LogP contribution in [-0.4, -0.2) is 54.6 Å². The normalized spacial score (nSPS) is 39.5. The Labute approximate surface area is 109 Å². The molecule has 2 fully saturated rings. The zero-order chi connectivity index (χ0) is 14.3. The fraction of sp³-hybridized carbons (Fsp3) is 0.900. The number of azide groups is 1. The van der Waals surface area contributed by atoms with Crippen LogP contribution in [0.2, 0.25) is 0 Å². The van der Waals surface area contributed by atoms with Crippen molar-refractivity contribution in [1.29, 1.82) is 0 Å². The summed E-state index contributed by atoms with van der Waals surface area (Å²) in [6, 6.07) is 0. The lowest BCUT2D eigenvalue weighted by Crippen LogP contribution is -2.48. The summed E-state index contributed by atoms with van der Waals surface area (Å²) >= 11 is 0. The molecule has 0 aromatic heterocycles. The van der Waals surface area contributed by atoms with Gasteiger partial charge in [-0.25, -0.2) is 4.79 Å². The number of hydrogen-bond acceptors (Lipinski definition) is 7. The summed E-state index contributed by atoms with van der Waals surface area (Å²) in [5.74, 6) is -3.72. The molecule has 1 unspecified atom stereocenters. The first kappa shape index (κ1) is 14.0. The highest BCUT2D eigenvalue weighted by atomic mass is 16.9. The number of carbonyl (C=O) groups is 1. The Bertz CT molecular complexity index is 435. The molecule has 2 aliphatic heterocycles. The first-order chi connectivity index (χ1) is 8.86. The van der Waals surface area contributed by atoms with Crippen LogP contribution in [0.25, 0.3) is 10.4 Å². The molecule has 0 amide bonds. The molecule has 0 spiro atoms. The summed E-state index contributed by atoms with van der Waals surface area (Å²) in [7, 11) is 1.18. The number of nitrogens with zero attached hydrogens (tertiary/aromatic N) is 3. The lowest BCUT2D eigenvalue weighted by atomic mass is 10.1. The van der Waals surface area contributed by atoms with Crippen LogP contribution in [0.15, 0.2) is 5.11 Å². The highest BCUT2D eigenvalue weighted by molar-refractivity contribution is 5.79. The Balaban J connectivity index is 2.30. The van der Waals surface area contributed by atoms with Crippen LogP contribution < -0.4 is 0 Å². The second kappa shape index (κ2) is 4.62. The van der Waals surface area contributed by atoms with E-state index >= 15 is 0 Å². The molecule has 2 rings (SSSR count). The van der Waals surface area contributed by atoms with Gasteiger partial charge in [-0.15, -0.1) is 0 Å². The topological polar surface area (TPSA) is 123 Å². The van der Waals surface area contributed by atoms with Crippen LogP contribution in [0.3, 0.4) is 0 Å². The summed E-state index contributed by atoms with van der Waals surface area (Å²) in [5.41, 5.74) is 8.29. The molecule has 2 aliphatic rings. The van der Waals surface area contributed by atoms with E-state index in [9.17, 15) is 9.90 Å².